The second-order valence-electron chi connectivity index (χ2n) is 3.39. The Kier molecular flexibility index (Phi) is 3.44. The van der Waals surface area contributed by atoms with Crippen molar-refractivity contribution < 1.29 is 9.59 Å². The molecule has 0 aliphatic heterocycles. The Balaban J connectivity index is 2.87. The van der Waals surface area contributed by atoms with Crippen molar-refractivity contribution in [2.45, 2.75) is 20.8 Å². The summed E-state index contributed by atoms with van der Waals surface area (Å²) in [5.74, 6) is -0.216. The van der Waals surface area contributed by atoms with Gasteiger partial charge in [-0.05, 0) is 30.7 Å². The molecule has 4 heteroatoms. The molecule has 0 aromatic heterocycles. The van der Waals surface area contributed by atoms with Gasteiger partial charge < -0.3 is 10.6 Å². The van der Waals surface area contributed by atoms with Crippen LogP contribution in [0, 0.1) is 6.92 Å². The van der Waals surface area contributed by atoms with Crippen molar-refractivity contribution >= 4 is 23.2 Å². The van der Waals surface area contributed by atoms with E-state index in [9.17, 15) is 9.59 Å². The molecule has 0 spiro atoms. The van der Waals surface area contributed by atoms with Gasteiger partial charge >= 0.3 is 0 Å². The topological polar surface area (TPSA) is 58.2 Å². The van der Waals surface area contributed by atoms with Gasteiger partial charge in [-0.2, -0.15) is 0 Å². The summed E-state index contributed by atoms with van der Waals surface area (Å²) in [7, 11) is 0. The predicted octanol–water partition coefficient (Wildman–Crippen LogP) is 1.91. The highest BCUT2D eigenvalue weighted by Gasteiger charge is 2.02. The number of nitrogens with one attached hydrogen (secondary N) is 2. The van der Waals surface area contributed by atoms with E-state index in [4.69, 9.17) is 0 Å². The van der Waals surface area contributed by atoms with E-state index in [1.165, 1.54) is 13.8 Å². The zero-order chi connectivity index (χ0) is 11.4. The fourth-order valence-corrected chi connectivity index (χ4v) is 1.27. The maximum atomic E-state index is 10.8. The molecule has 0 unspecified atom stereocenters. The highest BCUT2D eigenvalue weighted by Crippen LogP contribution is 2.19. The van der Waals surface area contributed by atoms with Gasteiger partial charge in [0.2, 0.25) is 11.8 Å². The van der Waals surface area contributed by atoms with E-state index in [0.717, 1.165) is 16.9 Å². The van der Waals surface area contributed by atoms with Gasteiger partial charge in [-0.1, -0.05) is 0 Å². The van der Waals surface area contributed by atoms with Gasteiger partial charge in [-0.15, -0.1) is 0 Å². The Labute approximate surface area is 88.7 Å². The molecule has 15 heavy (non-hydrogen) atoms. The molecule has 2 amide bonds. The van der Waals surface area contributed by atoms with Crippen LogP contribution in [0.25, 0.3) is 0 Å². The van der Waals surface area contributed by atoms with Crippen LogP contribution < -0.4 is 10.6 Å². The number of benzene rings is 1. The number of anilines is 2. The van der Waals surface area contributed by atoms with E-state index in [1.807, 2.05) is 13.0 Å². The highest BCUT2D eigenvalue weighted by atomic mass is 16.2. The van der Waals surface area contributed by atoms with Gasteiger partial charge in [0.25, 0.3) is 0 Å². The molecular formula is C11H14N2O2. The third-order valence-electron chi connectivity index (χ3n) is 1.86. The minimum absolute atomic E-state index is 0.106. The molecule has 0 bridgehead atoms. The lowest BCUT2D eigenvalue weighted by Gasteiger charge is -2.08. The van der Waals surface area contributed by atoms with Crippen LogP contribution >= 0.6 is 0 Å². The number of hydrogen-bond donors (Lipinski definition) is 2. The molecule has 0 aliphatic carbocycles. The van der Waals surface area contributed by atoms with Crippen molar-refractivity contribution in [2.24, 2.45) is 0 Å². The van der Waals surface area contributed by atoms with Crippen LogP contribution in [-0.4, -0.2) is 11.8 Å². The van der Waals surface area contributed by atoms with E-state index >= 15 is 0 Å². The summed E-state index contributed by atoms with van der Waals surface area (Å²) < 4.78 is 0. The Morgan fingerprint density at radius 2 is 1.67 bits per heavy atom. The van der Waals surface area contributed by atoms with E-state index < -0.39 is 0 Å². The van der Waals surface area contributed by atoms with Gasteiger partial charge in [0, 0.05) is 25.2 Å². The summed E-state index contributed by atoms with van der Waals surface area (Å²) in [5, 5.41) is 5.38. The van der Waals surface area contributed by atoms with Crippen LogP contribution in [0.2, 0.25) is 0 Å². The van der Waals surface area contributed by atoms with Gasteiger partial charge in [0.05, 0.1) is 0 Å². The molecule has 0 aliphatic rings. The van der Waals surface area contributed by atoms with Crippen LogP contribution in [0.1, 0.15) is 19.4 Å². The fraction of sp³-hybridized carbons (Fsp3) is 0.273. The molecule has 1 aromatic rings. The molecular weight excluding hydrogens is 192 g/mol. The first-order valence-electron chi connectivity index (χ1n) is 4.65. The molecule has 80 valence electrons. The first kappa shape index (κ1) is 11.2. The number of rotatable bonds is 2. The molecule has 1 aromatic carbocycles. The molecule has 0 radical (unpaired) electrons. The SMILES string of the molecule is CC(=O)Nc1ccc(NC(C)=O)c(C)c1. The van der Waals surface area contributed by atoms with Crippen molar-refractivity contribution in [3.63, 3.8) is 0 Å². The van der Waals surface area contributed by atoms with Gasteiger partial charge in [0.1, 0.15) is 0 Å². The zero-order valence-electron chi connectivity index (χ0n) is 9.05. The Hall–Kier alpha value is -1.84. The van der Waals surface area contributed by atoms with Crippen molar-refractivity contribution in [3.8, 4) is 0 Å². The average Bonchev–Trinajstić information content (AvgIpc) is 2.08. The number of amides is 2. The lowest BCUT2D eigenvalue weighted by Crippen LogP contribution is -2.09. The summed E-state index contributed by atoms with van der Waals surface area (Å²) in [4.78, 5) is 21.7. The molecule has 4 nitrogen and oxygen atoms in total. The lowest BCUT2D eigenvalue weighted by atomic mass is 10.1. The number of carbonyl (C=O) groups is 2. The van der Waals surface area contributed by atoms with Crippen LogP contribution in [0.5, 0.6) is 0 Å². The molecule has 0 saturated carbocycles. The van der Waals surface area contributed by atoms with Crippen molar-refractivity contribution in [3.05, 3.63) is 23.8 Å². The standard InChI is InChI=1S/C11H14N2O2/c1-7-6-10(12-8(2)14)4-5-11(7)13-9(3)15/h4-6H,1-3H3,(H,12,14)(H,13,15). The zero-order valence-corrected chi connectivity index (χ0v) is 9.05. The lowest BCUT2D eigenvalue weighted by molar-refractivity contribution is -0.115. The fourth-order valence-electron chi connectivity index (χ4n) is 1.27. The van der Waals surface area contributed by atoms with Gasteiger partial charge in [0.15, 0.2) is 0 Å². The first-order valence-corrected chi connectivity index (χ1v) is 4.65. The third kappa shape index (κ3) is 3.42. The summed E-state index contributed by atoms with van der Waals surface area (Å²) in [6.45, 7) is 4.79. The molecule has 0 fully saturated rings. The monoisotopic (exact) mass is 206 g/mol. The summed E-state index contributed by atoms with van der Waals surface area (Å²) in [6, 6.07) is 5.33. The van der Waals surface area contributed by atoms with Crippen molar-refractivity contribution in [1.29, 1.82) is 0 Å². The minimum atomic E-state index is -0.110. The van der Waals surface area contributed by atoms with E-state index in [1.54, 1.807) is 12.1 Å². The normalized spacial score (nSPS) is 9.53. The summed E-state index contributed by atoms with van der Waals surface area (Å²) in [5.41, 5.74) is 2.40. The Bertz CT molecular complexity index is 400. The highest BCUT2D eigenvalue weighted by molar-refractivity contribution is 5.91. The van der Waals surface area contributed by atoms with Gasteiger partial charge in [-0.3, -0.25) is 9.59 Å². The maximum absolute atomic E-state index is 10.8. The Morgan fingerprint density at radius 1 is 1.07 bits per heavy atom. The van der Waals surface area contributed by atoms with Crippen molar-refractivity contribution in [2.75, 3.05) is 10.6 Å². The van der Waals surface area contributed by atoms with Crippen LogP contribution in [0.4, 0.5) is 11.4 Å². The number of aryl methyl sites for hydroxylation is 1. The predicted molar refractivity (Wildman–Crippen MR) is 59.8 cm³/mol. The van der Waals surface area contributed by atoms with Gasteiger partial charge in [-0.25, -0.2) is 0 Å². The molecule has 0 heterocycles. The largest absolute Gasteiger partial charge is 0.326 e. The maximum Gasteiger partial charge on any atom is 0.221 e. The molecule has 1 rings (SSSR count). The van der Waals surface area contributed by atoms with Crippen LogP contribution in [0.3, 0.4) is 0 Å². The smallest absolute Gasteiger partial charge is 0.221 e. The molecule has 0 saturated heterocycles. The van der Waals surface area contributed by atoms with E-state index in [0.29, 0.717) is 0 Å². The van der Waals surface area contributed by atoms with Crippen LogP contribution in [0.15, 0.2) is 18.2 Å². The average molecular weight is 206 g/mol. The first-order chi connectivity index (χ1) is 6.99. The van der Waals surface area contributed by atoms with Crippen molar-refractivity contribution in [1.82, 2.24) is 0 Å². The second kappa shape index (κ2) is 4.59. The Morgan fingerprint density at radius 3 is 2.13 bits per heavy atom. The molecule has 0 atom stereocenters. The van der Waals surface area contributed by atoms with Crippen LogP contribution in [-0.2, 0) is 9.59 Å². The summed E-state index contributed by atoms with van der Waals surface area (Å²) in [6.07, 6.45) is 0. The minimum Gasteiger partial charge on any atom is -0.326 e. The number of hydrogen-bond acceptors (Lipinski definition) is 2. The third-order valence-corrected chi connectivity index (χ3v) is 1.86. The number of carbonyl (C=O) groups excluding carboxylic acids is 2. The quantitative estimate of drug-likeness (QED) is 0.776. The summed E-state index contributed by atoms with van der Waals surface area (Å²) >= 11 is 0. The second-order valence-corrected chi connectivity index (χ2v) is 3.39. The van der Waals surface area contributed by atoms with E-state index in [2.05, 4.69) is 10.6 Å². The van der Waals surface area contributed by atoms with E-state index in [-0.39, 0.29) is 11.8 Å². The molecule has 2 N–H and O–H groups in total.